The van der Waals surface area contributed by atoms with Gasteiger partial charge in [-0.15, -0.1) is 0 Å². The highest BCUT2D eigenvalue weighted by Gasteiger charge is 2.16. The van der Waals surface area contributed by atoms with Crippen LogP contribution in [0.1, 0.15) is 10.4 Å². The Morgan fingerprint density at radius 2 is 1.78 bits per heavy atom. The molecule has 0 fully saturated rings. The number of nitrogens with one attached hydrogen (secondary N) is 1. The average molecular weight is 335 g/mol. The van der Waals surface area contributed by atoms with E-state index in [-0.39, 0.29) is 11.3 Å². The molecule has 1 N–H and O–H groups in total. The lowest BCUT2D eigenvalue weighted by atomic mass is 10.2. The normalized spacial score (nSPS) is 11.6. The third-order valence-electron chi connectivity index (χ3n) is 2.90. The van der Waals surface area contributed by atoms with E-state index in [2.05, 4.69) is 5.32 Å². The summed E-state index contributed by atoms with van der Waals surface area (Å²) in [6.07, 6.45) is 1.44. The van der Waals surface area contributed by atoms with E-state index < -0.39 is 35.1 Å². The van der Waals surface area contributed by atoms with Gasteiger partial charge in [-0.05, 0) is 24.3 Å². The lowest BCUT2D eigenvalue weighted by Gasteiger charge is -2.09. The first-order chi connectivity index (χ1) is 11.0. The van der Waals surface area contributed by atoms with Crippen LogP contribution in [0.15, 0.2) is 53.4 Å². The molecule has 0 aliphatic rings. The van der Waals surface area contributed by atoms with E-state index >= 15 is 0 Å². The molecule has 1 amide bonds. The highest BCUT2D eigenvalue weighted by molar-refractivity contribution is 7.84. The van der Waals surface area contributed by atoms with Gasteiger partial charge in [0.05, 0.1) is 26.9 Å². The maximum atomic E-state index is 13.4. The van der Waals surface area contributed by atoms with E-state index in [1.165, 1.54) is 30.5 Å². The molecule has 0 unspecified atom stereocenters. The van der Waals surface area contributed by atoms with Gasteiger partial charge in [0.25, 0.3) is 5.91 Å². The number of hydrogen-bond donors (Lipinski definition) is 1. The zero-order valence-electron chi connectivity index (χ0n) is 12.2. The molecule has 0 heterocycles. The summed E-state index contributed by atoms with van der Waals surface area (Å²) in [7, 11) is -1.36. The molecular formula is C16H14FNO4S. The molecule has 23 heavy (non-hydrogen) atoms. The van der Waals surface area contributed by atoms with E-state index in [4.69, 9.17) is 4.74 Å². The minimum Gasteiger partial charge on any atom is -0.452 e. The number of halogens is 1. The van der Waals surface area contributed by atoms with Gasteiger partial charge in [-0.1, -0.05) is 24.3 Å². The van der Waals surface area contributed by atoms with Crippen molar-refractivity contribution in [2.24, 2.45) is 0 Å². The van der Waals surface area contributed by atoms with E-state index in [0.717, 1.165) is 0 Å². The van der Waals surface area contributed by atoms with Crippen LogP contribution in [0, 0.1) is 5.82 Å². The lowest BCUT2D eigenvalue weighted by molar-refractivity contribution is -0.119. The Morgan fingerprint density at radius 1 is 1.13 bits per heavy atom. The van der Waals surface area contributed by atoms with Crippen LogP contribution in [-0.2, 0) is 20.3 Å². The second kappa shape index (κ2) is 7.64. The molecule has 120 valence electrons. The zero-order valence-corrected chi connectivity index (χ0v) is 13.1. The fourth-order valence-electron chi connectivity index (χ4n) is 1.84. The molecule has 0 aliphatic heterocycles. The summed E-state index contributed by atoms with van der Waals surface area (Å²) in [5.41, 5.74) is 0.135. The van der Waals surface area contributed by atoms with Crippen molar-refractivity contribution in [2.75, 3.05) is 18.2 Å². The second-order valence-electron chi connectivity index (χ2n) is 4.55. The topological polar surface area (TPSA) is 72.5 Å². The number of carbonyl (C=O) groups is 2. The summed E-state index contributed by atoms with van der Waals surface area (Å²) in [6.45, 7) is -0.572. The lowest BCUT2D eigenvalue weighted by Crippen LogP contribution is -2.22. The Hall–Kier alpha value is -2.54. The van der Waals surface area contributed by atoms with Crippen LogP contribution >= 0.6 is 0 Å². The zero-order chi connectivity index (χ0) is 16.8. The number of benzene rings is 2. The Bertz CT molecular complexity index is 763. The number of ether oxygens (including phenoxy) is 1. The van der Waals surface area contributed by atoms with Crippen molar-refractivity contribution in [3.05, 3.63) is 59.9 Å². The van der Waals surface area contributed by atoms with Gasteiger partial charge in [-0.25, -0.2) is 9.18 Å². The fourth-order valence-corrected chi connectivity index (χ4v) is 2.57. The Labute approximate surface area is 134 Å². The number of anilines is 1. The third-order valence-corrected chi connectivity index (χ3v) is 3.87. The van der Waals surface area contributed by atoms with Crippen LogP contribution in [0.25, 0.3) is 0 Å². The number of esters is 1. The van der Waals surface area contributed by atoms with Crippen molar-refractivity contribution in [1.82, 2.24) is 0 Å². The summed E-state index contributed by atoms with van der Waals surface area (Å²) < 4.78 is 29.9. The standard InChI is InChI=1S/C16H14FNO4S/c1-23(21)14-9-5-2-6-11(14)16(20)22-10-15(19)18-13-8-4-3-7-12(13)17/h2-9H,10H2,1H3,(H,18,19)/t23-/m0/s1. The first-order valence-electron chi connectivity index (χ1n) is 6.63. The minimum absolute atomic E-state index is 0.00334. The van der Waals surface area contributed by atoms with E-state index in [9.17, 15) is 18.2 Å². The molecule has 0 aliphatic carbocycles. The van der Waals surface area contributed by atoms with Crippen molar-refractivity contribution >= 4 is 28.4 Å². The SMILES string of the molecule is C[S@](=O)c1ccccc1C(=O)OCC(=O)Nc1ccccc1F. The van der Waals surface area contributed by atoms with E-state index in [1.807, 2.05) is 0 Å². The second-order valence-corrected chi connectivity index (χ2v) is 5.90. The Balaban J connectivity index is 1.98. The highest BCUT2D eigenvalue weighted by atomic mass is 32.2. The molecule has 2 rings (SSSR count). The van der Waals surface area contributed by atoms with Crippen LogP contribution in [0.4, 0.5) is 10.1 Å². The quantitative estimate of drug-likeness (QED) is 0.852. The molecule has 1 atom stereocenters. The Kier molecular flexibility index (Phi) is 5.59. The molecule has 2 aromatic carbocycles. The minimum atomic E-state index is -1.36. The molecule has 7 heteroatoms. The van der Waals surface area contributed by atoms with Gasteiger partial charge < -0.3 is 10.1 Å². The predicted octanol–water partition coefficient (Wildman–Crippen LogP) is 2.36. The fraction of sp³-hybridized carbons (Fsp3) is 0.125. The van der Waals surface area contributed by atoms with Gasteiger partial charge in [-0.2, -0.15) is 0 Å². The van der Waals surface area contributed by atoms with Crippen LogP contribution < -0.4 is 5.32 Å². The number of rotatable bonds is 5. The van der Waals surface area contributed by atoms with Gasteiger partial charge in [0.15, 0.2) is 6.61 Å². The monoisotopic (exact) mass is 335 g/mol. The number of amides is 1. The average Bonchev–Trinajstić information content (AvgIpc) is 2.54. The van der Waals surface area contributed by atoms with Gasteiger partial charge in [0.1, 0.15) is 5.82 Å². The smallest absolute Gasteiger partial charge is 0.339 e. The van der Waals surface area contributed by atoms with Crippen molar-refractivity contribution in [3.8, 4) is 0 Å². The molecule has 0 bridgehead atoms. The van der Waals surface area contributed by atoms with Crippen LogP contribution in [-0.4, -0.2) is 28.9 Å². The molecule has 2 aromatic rings. The molecule has 0 saturated heterocycles. The molecule has 0 radical (unpaired) electrons. The summed E-state index contributed by atoms with van der Waals surface area (Å²) in [4.78, 5) is 24.0. The van der Waals surface area contributed by atoms with Crippen LogP contribution in [0.3, 0.4) is 0 Å². The van der Waals surface area contributed by atoms with Crippen LogP contribution in [0.2, 0.25) is 0 Å². The van der Waals surface area contributed by atoms with Crippen molar-refractivity contribution in [2.45, 2.75) is 4.90 Å². The summed E-state index contributed by atoms with van der Waals surface area (Å²) in [6, 6.07) is 11.9. The largest absolute Gasteiger partial charge is 0.452 e. The third kappa shape index (κ3) is 4.46. The van der Waals surface area contributed by atoms with Crippen molar-refractivity contribution < 1.29 is 22.9 Å². The number of para-hydroxylation sites is 1. The van der Waals surface area contributed by atoms with E-state index in [1.54, 1.807) is 24.3 Å². The molecule has 5 nitrogen and oxygen atoms in total. The maximum Gasteiger partial charge on any atom is 0.339 e. The summed E-state index contributed by atoms with van der Waals surface area (Å²) in [5.74, 6) is -2.02. The number of carbonyl (C=O) groups excluding carboxylic acids is 2. The van der Waals surface area contributed by atoms with Crippen molar-refractivity contribution in [3.63, 3.8) is 0 Å². The number of hydrogen-bond acceptors (Lipinski definition) is 4. The van der Waals surface area contributed by atoms with Gasteiger partial charge in [0, 0.05) is 6.26 Å². The Morgan fingerprint density at radius 3 is 2.48 bits per heavy atom. The molecule has 0 aromatic heterocycles. The molecule has 0 spiro atoms. The van der Waals surface area contributed by atoms with E-state index in [0.29, 0.717) is 4.90 Å². The molecule has 0 saturated carbocycles. The summed E-state index contributed by atoms with van der Waals surface area (Å²) in [5, 5.41) is 2.30. The first kappa shape index (κ1) is 16.8. The highest BCUT2D eigenvalue weighted by Crippen LogP contribution is 2.14. The van der Waals surface area contributed by atoms with Crippen molar-refractivity contribution in [1.29, 1.82) is 0 Å². The maximum absolute atomic E-state index is 13.4. The molecular weight excluding hydrogens is 321 g/mol. The van der Waals surface area contributed by atoms with Gasteiger partial charge >= 0.3 is 5.97 Å². The van der Waals surface area contributed by atoms with Gasteiger partial charge in [0.2, 0.25) is 0 Å². The van der Waals surface area contributed by atoms with Crippen LogP contribution in [0.5, 0.6) is 0 Å². The first-order valence-corrected chi connectivity index (χ1v) is 8.19. The predicted molar refractivity (Wildman–Crippen MR) is 84.1 cm³/mol. The van der Waals surface area contributed by atoms with Gasteiger partial charge in [-0.3, -0.25) is 9.00 Å². The summed E-state index contributed by atoms with van der Waals surface area (Å²) >= 11 is 0.